The molecule has 4 amide bonds. The highest BCUT2D eigenvalue weighted by atomic mass is 19.1. The molecule has 0 unspecified atom stereocenters. The molecule has 0 spiro atoms. The van der Waals surface area contributed by atoms with Gasteiger partial charge in [-0.05, 0) is 24.3 Å². The predicted octanol–water partition coefficient (Wildman–Crippen LogP) is 0.129. The molecule has 9 nitrogen and oxygen atoms in total. The third-order valence-corrected chi connectivity index (χ3v) is 3.98. The fourth-order valence-electron chi connectivity index (χ4n) is 2.60. The zero-order chi connectivity index (χ0) is 20.8. The first-order valence-corrected chi connectivity index (χ1v) is 8.58. The highest BCUT2D eigenvalue weighted by Gasteiger charge is 2.27. The minimum atomic E-state index is -0.764. The molecule has 3 N–H and O–H groups in total. The molecule has 0 aliphatic carbocycles. The largest absolute Gasteiger partial charge is 0.482 e. The van der Waals surface area contributed by atoms with E-state index in [-0.39, 0.29) is 18.7 Å². The van der Waals surface area contributed by atoms with Crippen molar-refractivity contribution < 1.29 is 28.3 Å². The number of ether oxygens (including phenoxy) is 1. The number of anilines is 1. The Morgan fingerprint density at radius 2 is 1.69 bits per heavy atom. The van der Waals surface area contributed by atoms with Crippen LogP contribution in [0, 0.1) is 5.82 Å². The number of hydrazine groups is 1. The van der Waals surface area contributed by atoms with Crippen LogP contribution in [-0.2, 0) is 14.4 Å². The number of halogens is 1. The Balaban J connectivity index is 1.47. The van der Waals surface area contributed by atoms with Crippen molar-refractivity contribution in [3.05, 3.63) is 59.9 Å². The van der Waals surface area contributed by atoms with Gasteiger partial charge < -0.3 is 10.1 Å². The first kappa shape index (κ1) is 19.8. The van der Waals surface area contributed by atoms with Crippen LogP contribution in [-0.4, -0.2) is 43.3 Å². The van der Waals surface area contributed by atoms with Crippen LogP contribution < -0.4 is 25.8 Å². The highest BCUT2D eigenvalue weighted by molar-refractivity contribution is 6.02. The zero-order valence-corrected chi connectivity index (χ0v) is 15.1. The van der Waals surface area contributed by atoms with Gasteiger partial charge in [-0.2, -0.15) is 0 Å². The number of carbonyl (C=O) groups excluding carboxylic acids is 4. The normalized spacial score (nSPS) is 12.4. The number of carbonyl (C=O) groups is 4. The SMILES string of the molecule is O=C(CNC(=O)c1ccccc1F)NNC(=O)CN1C(=O)COc2ccccc21. The Hall–Kier alpha value is -3.95. The number of hydrogen-bond acceptors (Lipinski definition) is 5. The summed E-state index contributed by atoms with van der Waals surface area (Å²) in [6.07, 6.45) is 0. The van der Waals surface area contributed by atoms with Crippen LogP contribution in [0.15, 0.2) is 48.5 Å². The Labute approximate surface area is 164 Å². The second-order valence-electron chi connectivity index (χ2n) is 6.00. The van der Waals surface area contributed by atoms with E-state index in [4.69, 9.17) is 4.74 Å². The standard InChI is InChI=1S/C19H17FN4O5/c20-13-6-2-1-5-12(13)19(28)21-9-16(25)22-23-17(26)10-24-14-7-3-4-8-15(14)29-11-18(24)27/h1-8H,9-11H2,(H,21,28)(H,22,25)(H,23,26). The molecule has 1 aliphatic rings. The van der Waals surface area contributed by atoms with Crippen LogP contribution >= 0.6 is 0 Å². The first-order valence-electron chi connectivity index (χ1n) is 8.58. The lowest BCUT2D eigenvalue weighted by Gasteiger charge is -2.28. The van der Waals surface area contributed by atoms with E-state index in [0.717, 1.165) is 6.07 Å². The lowest BCUT2D eigenvalue weighted by atomic mass is 10.2. The molecule has 10 heteroatoms. The summed E-state index contributed by atoms with van der Waals surface area (Å²) in [6.45, 7) is -1.01. The van der Waals surface area contributed by atoms with Crippen LogP contribution in [0.5, 0.6) is 5.75 Å². The second kappa shape index (κ2) is 8.83. The summed E-state index contributed by atoms with van der Waals surface area (Å²) in [4.78, 5) is 49.0. The van der Waals surface area contributed by atoms with E-state index in [9.17, 15) is 23.6 Å². The lowest BCUT2D eigenvalue weighted by Crippen LogP contribution is -2.51. The smallest absolute Gasteiger partial charge is 0.265 e. The van der Waals surface area contributed by atoms with Gasteiger partial charge in [-0.15, -0.1) is 0 Å². The van der Waals surface area contributed by atoms with E-state index < -0.39 is 36.0 Å². The molecule has 0 aromatic heterocycles. The first-order chi connectivity index (χ1) is 14.0. The van der Waals surface area contributed by atoms with Crippen LogP contribution in [0.1, 0.15) is 10.4 Å². The number of nitrogens with one attached hydrogen (secondary N) is 3. The van der Waals surface area contributed by atoms with Crippen molar-refractivity contribution in [3.63, 3.8) is 0 Å². The number of fused-ring (bicyclic) bond motifs is 1. The maximum absolute atomic E-state index is 13.5. The summed E-state index contributed by atoms with van der Waals surface area (Å²) < 4.78 is 18.8. The molecule has 0 saturated carbocycles. The number of benzene rings is 2. The van der Waals surface area contributed by atoms with E-state index in [1.165, 1.54) is 23.1 Å². The van der Waals surface area contributed by atoms with E-state index in [0.29, 0.717) is 11.4 Å². The van der Waals surface area contributed by atoms with Gasteiger partial charge in [0.25, 0.3) is 23.6 Å². The molecule has 2 aromatic rings. The molecule has 0 fully saturated rings. The van der Waals surface area contributed by atoms with Crippen molar-refractivity contribution in [2.75, 3.05) is 24.6 Å². The fourth-order valence-corrected chi connectivity index (χ4v) is 2.60. The number of hydrogen-bond donors (Lipinski definition) is 3. The van der Waals surface area contributed by atoms with Gasteiger partial charge in [0, 0.05) is 0 Å². The average Bonchev–Trinajstić information content (AvgIpc) is 2.73. The van der Waals surface area contributed by atoms with Gasteiger partial charge in [0.1, 0.15) is 18.1 Å². The quantitative estimate of drug-likeness (QED) is 0.617. The maximum Gasteiger partial charge on any atom is 0.265 e. The predicted molar refractivity (Wildman–Crippen MR) is 99.3 cm³/mol. The Bertz CT molecular complexity index is 965. The van der Waals surface area contributed by atoms with Crippen LogP contribution in [0.4, 0.5) is 10.1 Å². The van der Waals surface area contributed by atoms with Gasteiger partial charge in [0.2, 0.25) is 0 Å². The van der Waals surface area contributed by atoms with E-state index in [1.54, 1.807) is 24.3 Å². The van der Waals surface area contributed by atoms with Crippen LogP contribution in [0.2, 0.25) is 0 Å². The summed E-state index contributed by atoms with van der Waals surface area (Å²) >= 11 is 0. The van der Waals surface area contributed by atoms with Crippen molar-refractivity contribution in [1.82, 2.24) is 16.2 Å². The molecular weight excluding hydrogens is 383 g/mol. The summed E-state index contributed by atoms with van der Waals surface area (Å²) in [5.74, 6) is -2.78. The lowest BCUT2D eigenvalue weighted by molar-refractivity contribution is -0.128. The van der Waals surface area contributed by atoms with E-state index in [2.05, 4.69) is 16.2 Å². The monoisotopic (exact) mass is 400 g/mol. The van der Waals surface area contributed by atoms with Gasteiger partial charge in [0.15, 0.2) is 6.61 Å². The molecule has 29 heavy (non-hydrogen) atoms. The molecule has 0 atom stereocenters. The van der Waals surface area contributed by atoms with Crippen molar-refractivity contribution in [3.8, 4) is 5.75 Å². The third kappa shape index (κ3) is 4.86. The third-order valence-electron chi connectivity index (χ3n) is 3.98. The molecule has 0 saturated heterocycles. The van der Waals surface area contributed by atoms with Gasteiger partial charge in [-0.25, -0.2) is 4.39 Å². The van der Waals surface area contributed by atoms with Gasteiger partial charge >= 0.3 is 0 Å². The average molecular weight is 400 g/mol. The number of nitrogens with zero attached hydrogens (tertiary/aromatic N) is 1. The minimum absolute atomic E-state index is 0.196. The second-order valence-corrected chi connectivity index (χ2v) is 6.00. The maximum atomic E-state index is 13.5. The van der Waals surface area contributed by atoms with E-state index >= 15 is 0 Å². The minimum Gasteiger partial charge on any atom is -0.482 e. The molecule has 0 radical (unpaired) electrons. The summed E-state index contributed by atoms with van der Waals surface area (Å²) in [5, 5.41) is 2.24. The molecule has 1 aliphatic heterocycles. The number of rotatable bonds is 5. The van der Waals surface area contributed by atoms with Crippen molar-refractivity contribution >= 4 is 29.3 Å². The van der Waals surface area contributed by atoms with Crippen LogP contribution in [0.3, 0.4) is 0 Å². The Kier molecular flexibility index (Phi) is 6.03. The molecule has 1 heterocycles. The molecular formula is C19H17FN4O5. The van der Waals surface area contributed by atoms with Crippen molar-refractivity contribution in [1.29, 1.82) is 0 Å². The number of para-hydroxylation sites is 2. The molecule has 2 aromatic carbocycles. The highest BCUT2D eigenvalue weighted by Crippen LogP contribution is 2.30. The molecule has 150 valence electrons. The van der Waals surface area contributed by atoms with Crippen molar-refractivity contribution in [2.45, 2.75) is 0 Å². The van der Waals surface area contributed by atoms with Gasteiger partial charge in [-0.1, -0.05) is 24.3 Å². The van der Waals surface area contributed by atoms with Crippen LogP contribution in [0.25, 0.3) is 0 Å². The molecule has 3 rings (SSSR count). The van der Waals surface area contributed by atoms with Gasteiger partial charge in [0.05, 0.1) is 17.8 Å². The summed E-state index contributed by atoms with van der Waals surface area (Å²) in [6, 6.07) is 12.1. The van der Waals surface area contributed by atoms with Crippen molar-refractivity contribution in [2.24, 2.45) is 0 Å². The van der Waals surface area contributed by atoms with E-state index in [1.807, 2.05) is 0 Å². The molecule has 0 bridgehead atoms. The zero-order valence-electron chi connectivity index (χ0n) is 15.1. The Morgan fingerprint density at radius 1 is 1.00 bits per heavy atom. The number of amides is 4. The topological polar surface area (TPSA) is 117 Å². The Morgan fingerprint density at radius 3 is 2.48 bits per heavy atom. The summed E-state index contributed by atoms with van der Waals surface area (Å²) in [5.41, 5.74) is 4.52. The van der Waals surface area contributed by atoms with Gasteiger partial charge in [-0.3, -0.25) is 34.9 Å². The summed E-state index contributed by atoms with van der Waals surface area (Å²) in [7, 11) is 0. The fraction of sp³-hybridized carbons (Fsp3) is 0.158.